The van der Waals surface area contributed by atoms with Crippen LogP contribution >= 0.6 is 23.2 Å². The average molecular weight is 273 g/mol. The van der Waals surface area contributed by atoms with Crippen LogP contribution in [0.15, 0.2) is 30.4 Å². The molecule has 5 heteroatoms. The van der Waals surface area contributed by atoms with Crippen molar-refractivity contribution in [3.8, 4) is 5.75 Å². The monoisotopic (exact) mass is 272 g/mol. The van der Waals surface area contributed by atoms with Crippen LogP contribution in [0, 0.1) is 0 Å². The average Bonchev–Trinajstić information content (AvgIpc) is 2.28. The second kappa shape index (κ2) is 6.33. The molecule has 0 fully saturated rings. The van der Waals surface area contributed by atoms with Crippen LogP contribution in [0.1, 0.15) is 5.56 Å². The molecule has 0 amide bonds. The van der Waals surface area contributed by atoms with Crippen molar-refractivity contribution in [2.75, 3.05) is 7.11 Å². The maximum Gasteiger partial charge on any atom is 0.328 e. The van der Waals surface area contributed by atoms with Gasteiger partial charge in [0.2, 0.25) is 0 Å². The largest absolute Gasteiger partial charge is 0.495 e. The Kier molecular flexibility index (Phi) is 5.07. The molecule has 0 heterocycles. The molecule has 1 rings (SSSR count). The first kappa shape index (κ1) is 13.6. The summed E-state index contributed by atoms with van der Waals surface area (Å²) in [5.41, 5.74) is 0.770. The first-order valence-corrected chi connectivity index (χ1v) is 5.41. The third-order valence-corrected chi connectivity index (χ3v) is 2.66. The van der Waals surface area contributed by atoms with Crippen molar-refractivity contribution in [1.29, 1.82) is 0 Å². The highest BCUT2D eigenvalue weighted by Crippen LogP contribution is 2.33. The highest BCUT2D eigenvalue weighted by atomic mass is 35.5. The molecular formula is C12H10Cl2O3. The SMILES string of the molecule is COc1cc(/C=C/C=C/C(=O)O)cc(Cl)c1Cl. The summed E-state index contributed by atoms with van der Waals surface area (Å²) in [7, 11) is 1.50. The summed E-state index contributed by atoms with van der Waals surface area (Å²) in [5.74, 6) is -0.526. The van der Waals surface area contributed by atoms with Crippen LogP contribution in [0.3, 0.4) is 0 Å². The number of allylic oxidation sites excluding steroid dienone is 2. The number of methoxy groups -OCH3 is 1. The van der Waals surface area contributed by atoms with Crippen LogP contribution in [0.2, 0.25) is 10.0 Å². The topological polar surface area (TPSA) is 46.5 Å². The maximum atomic E-state index is 10.2. The number of carbonyl (C=O) groups is 1. The number of carboxylic acid groups (broad SMARTS) is 1. The number of carboxylic acids is 1. The van der Waals surface area contributed by atoms with E-state index >= 15 is 0 Å². The first-order valence-electron chi connectivity index (χ1n) is 4.65. The van der Waals surface area contributed by atoms with Crippen molar-refractivity contribution in [2.45, 2.75) is 0 Å². The van der Waals surface area contributed by atoms with E-state index in [0.717, 1.165) is 11.6 Å². The summed E-state index contributed by atoms with van der Waals surface area (Å²) >= 11 is 11.8. The molecule has 0 bridgehead atoms. The van der Waals surface area contributed by atoms with Crippen molar-refractivity contribution in [2.24, 2.45) is 0 Å². The van der Waals surface area contributed by atoms with Gasteiger partial charge in [-0.2, -0.15) is 0 Å². The lowest BCUT2D eigenvalue weighted by atomic mass is 10.2. The van der Waals surface area contributed by atoms with Crippen LogP contribution in [0.5, 0.6) is 5.75 Å². The third kappa shape index (κ3) is 4.13. The molecule has 1 aromatic rings. The van der Waals surface area contributed by atoms with E-state index in [1.54, 1.807) is 24.3 Å². The van der Waals surface area contributed by atoms with E-state index in [2.05, 4.69) is 0 Å². The molecule has 0 aliphatic carbocycles. The molecule has 0 atom stereocenters. The third-order valence-electron chi connectivity index (χ3n) is 1.88. The number of aliphatic carboxylic acids is 1. The summed E-state index contributed by atoms with van der Waals surface area (Å²) in [6, 6.07) is 3.37. The van der Waals surface area contributed by atoms with Crippen LogP contribution < -0.4 is 4.74 Å². The fraction of sp³-hybridized carbons (Fsp3) is 0.0833. The Hall–Kier alpha value is -1.45. The zero-order valence-electron chi connectivity index (χ0n) is 8.98. The van der Waals surface area contributed by atoms with Crippen LogP contribution in [-0.4, -0.2) is 18.2 Å². The minimum absolute atomic E-state index is 0.354. The molecule has 0 radical (unpaired) electrons. The molecule has 0 saturated heterocycles. The maximum absolute atomic E-state index is 10.2. The Morgan fingerprint density at radius 2 is 2.06 bits per heavy atom. The molecule has 0 aliphatic rings. The number of hydrogen-bond donors (Lipinski definition) is 1. The Morgan fingerprint density at radius 1 is 1.35 bits per heavy atom. The number of halogens is 2. The lowest BCUT2D eigenvalue weighted by Gasteiger charge is -2.05. The highest BCUT2D eigenvalue weighted by Gasteiger charge is 2.06. The van der Waals surface area contributed by atoms with Gasteiger partial charge in [-0.3, -0.25) is 0 Å². The smallest absolute Gasteiger partial charge is 0.328 e. The zero-order valence-corrected chi connectivity index (χ0v) is 10.5. The summed E-state index contributed by atoms with van der Waals surface area (Å²) in [5, 5.41) is 9.13. The highest BCUT2D eigenvalue weighted by molar-refractivity contribution is 6.43. The molecule has 0 aromatic heterocycles. The van der Waals surface area contributed by atoms with E-state index in [1.165, 1.54) is 13.2 Å². The van der Waals surface area contributed by atoms with E-state index < -0.39 is 5.97 Å². The second-order valence-electron chi connectivity index (χ2n) is 3.08. The molecule has 0 saturated carbocycles. The van der Waals surface area contributed by atoms with Gasteiger partial charge in [-0.1, -0.05) is 41.4 Å². The van der Waals surface area contributed by atoms with Gasteiger partial charge in [0, 0.05) is 6.08 Å². The fourth-order valence-corrected chi connectivity index (χ4v) is 1.54. The molecule has 1 N–H and O–H groups in total. The normalized spacial score (nSPS) is 11.2. The molecule has 17 heavy (non-hydrogen) atoms. The van der Waals surface area contributed by atoms with Gasteiger partial charge in [-0.15, -0.1) is 0 Å². The van der Waals surface area contributed by atoms with Gasteiger partial charge in [0.15, 0.2) is 0 Å². The molecule has 0 aliphatic heterocycles. The molecule has 1 aromatic carbocycles. The predicted molar refractivity (Wildman–Crippen MR) is 68.8 cm³/mol. The van der Waals surface area contributed by atoms with Gasteiger partial charge in [0.1, 0.15) is 10.8 Å². The van der Waals surface area contributed by atoms with Gasteiger partial charge < -0.3 is 9.84 Å². The van der Waals surface area contributed by atoms with Gasteiger partial charge in [-0.25, -0.2) is 4.79 Å². The van der Waals surface area contributed by atoms with Crippen molar-refractivity contribution < 1.29 is 14.6 Å². The Morgan fingerprint density at radius 3 is 2.65 bits per heavy atom. The molecule has 3 nitrogen and oxygen atoms in total. The number of ether oxygens (including phenoxy) is 1. The molecular weight excluding hydrogens is 263 g/mol. The minimum atomic E-state index is -0.999. The van der Waals surface area contributed by atoms with Crippen LogP contribution in [0.4, 0.5) is 0 Å². The van der Waals surface area contributed by atoms with E-state index in [4.69, 9.17) is 33.0 Å². The number of benzene rings is 1. The summed E-state index contributed by atoms with van der Waals surface area (Å²) in [6.07, 6.45) is 5.74. The van der Waals surface area contributed by atoms with E-state index in [0.29, 0.717) is 15.8 Å². The minimum Gasteiger partial charge on any atom is -0.495 e. The van der Waals surface area contributed by atoms with Gasteiger partial charge in [0.25, 0.3) is 0 Å². The molecule has 0 spiro atoms. The van der Waals surface area contributed by atoms with Gasteiger partial charge in [0.05, 0.1) is 12.1 Å². The van der Waals surface area contributed by atoms with Gasteiger partial charge in [-0.05, 0) is 17.7 Å². The van der Waals surface area contributed by atoms with Crippen molar-refractivity contribution >= 4 is 35.2 Å². The van der Waals surface area contributed by atoms with E-state index in [-0.39, 0.29) is 0 Å². The van der Waals surface area contributed by atoms with E-state index in [9.17, 15) is 4.79 Å². The van der Waals surface area contributed by atoms with Crippen molar-refractivity contribution in [3.05, 3.63) is 46.0 Å². The van der Waals surface area contributed by atoms with Crippen LogP contribution in [-0.2, 0) is 4.79 Å². The Bertz CT molecular complexity index is 479. The first-order chi connectivity index (χ1) is 8.04. The lowest BCUT2D eigenvalue weighted by molar-refractivity contribution is -0.131. The summed E-state index contributed by atoms with van der Waals surface area (Å²) < 4.78 is 5.05. The molecule has 0 unspecified atom stereocenters. The van der Waals surface area contributed by atoms with Crippen molar-refractivity contribution in [3.63, 3.8) is 0 Å². The number of hydrogen-bond acceptors (Lipinski definition) is 2. The van der Waals surface area contributed by atoms with Crippen LogP contribution in [0.25, 0.3) is 6.08 Å². The predicted octanol–water partition coefficient (Wildman–Crippen LogP) is 3.66. The Balaban J connectivity index is 2.92. The number of rotatable bonds is 4. The summed E-state index contributed by atoms with van der Waals surface area (Å²) in [4.78, 5) is 10.2. The van der Waals surface area contributed by atoms with E-state index in [1.807, 2.05) is 0 Å². The Labute approximate surface area is 109 Å². The standard InChI is InChI=1S/C12H10Cl2O3/c1-17-10-7-8(6-9(13)12(10)14)4-2-3-5-11(15)16/h2-7H,1H3,(H,15,16)/b4-2+,5-3+. The van der Waals surface area contributed by atoms with Gasteiger partial charge >= 0.3 is 5.97 Å². The quantitative estimate of drug-likeness (QED) is 0.672. The molecule has 90 valence electrons. The lowest BCUT2D eigenvalue weighted by Crippen LogP contribution is -1.86. The second-order valence-corrected chi connectivity index (χ2v) is 3.86. The zero-order chi connectivity index (χ0) is 12.8. The fourth-order valence-electron chi connectivity index (χ4n) is 1.13. The summed E-state index contributed by atoms with van der Waals surface area (Å²) in [6.45, 7) is 0. The van der Waals surface area contributed by atoms with Crippen molar-refractivity contribution in [1.82, 2.24) is 0 Å².